The molecule has 0 spiro atoms. The third-order valence-corrected chi connectivity index (χ3v) is 7.71. The van der Waals surface area contributed by atoms with Gasteiger partial charge in [-0.05, 0) is 93.0 Å². The normalized spacial score (nSPS) is 16.8. The Morgan fingerprint density at radius 2 is 1.82 bits per heavy atom. The number of carbonyl (C=O) groups is 1. The quantitative estimate of drug-likeness (QED) is 0.179. The molecule has 0 unspecified atom stereocenters. The van der Waals surface area contributed by atoms with Crippen molar-refractivity contribution in [1.29, 1.82) is 0 Å². The second-order valence-electron chi connectivity index (χ2n) is 9.93. The van der Waals surface area contributed by atoms with Crippen LogP contribution < -0.4 is 10.6 Å². The lowest BCUT2D eigenvalue weighted by Gasteiger charge is -2.28. The number of hydrogen-bond acceptors (Lipinski definition) is 4. The fourth-order valence-corrected chi connectivity index (χ4v) is 5.80. The minimum absolute atomic E-state index is 0.0629. The summed E-state index contributed by atoms with van der Waals surface area (Å²) in [6, 6.07) is 23.5. The van der Waals surface area contributed by atoms with Crippen LogP contribution >= 0.6 is 12.2 Å². The lowest BCUT2D eigenvalue weighted by molar-refractivity contribution is 0.0697. The van der Waals surface area contributed by atoms with Gasteiger partial charge in [-0.15, -0.1) is 0 Å². The van der Waals surface area contributed by atoms with Crippen LogP contribution in [-0.4, -0.2) is 43.7 Å². The molecule has 3 heterocycles. The summed E-state index contributed by atoms with van der Waals surface area (Å²) in [4.78, 5) is 18.7. The molecule has 0 radical (unpaired) electrons. The predicted octanol–water partition coefficient (Wildman–Crippen LogP) is 5.97. The second kappa shape index (κ2) is 11.3. The maximum atomic E-state index is 11.7. The summed E-state index contributed by atoms with van der Waals surface area (Å²) in [5.74, 6) is -0.935. The summed E-state index contributed by atoms with van der Waals surface area (Å²) < 4.78 is 2.16. The highest BCUT2D eigenvalue weighted by atomic mass is 32.1. The first-order valence-electron chi connectivity index (χ1n) is 13.2. The molecule has 0 saturated carbocycles. The van der Waals surface area contributed by atoms with Gasteiger partial charge < -0.3 is 25.2 Å². The van der Waals surface area contributed by atoms with E-state index in [0.717, 1.165) is 59.1 Å². The van der Waals surface area contributed by atoms with Crippen LogP contribution in [-0.2, 0) is 0 Å². The smallest absolute Gasteiger partial charge is 0.335 e. The van der Waals surface area contributed by atoms with E-state index in [2.05, 4.69) is 57.1 Å². The summed E-state index contributed by atoms with van der Waals surface area (Å²) in [5.41, 5.74) is 7.43. The Morgan fingerprint density at radius 3 is 2.54 bits per heavy atom. The van der Waals surface area contributed by atoms with Crippen molar-refractivity contribution in [2.45, 2.75) is 39.3 Å². The highest BCUT2D eigenvalue weighted by molar-refractivity contribution is 7.80. The number of para-hydroxylation sites is 1. The van der Waals surface area contributed by atoms with Gasteiger partial charge in [0.1, 0.15) is 0 Å². The summed E-state index contributed by atoms with van der Waals surface area (Å²) in [7, 11) is 0. The molecule has 0 bridgehead atoms. The fourth-order valence-electron chi connectivity index (χ4n) is 5.46. The zero-order chi connectivity index (χ0) is 27.5. The van der Waals surface area contributed by atoms with Gasteiger partial charge >= 0.3 is 5.97 Å². The van der Waals surface area contributed by atoms with Crippen molar-refractivity contribution in [2.75, 3.05) is 18.4 Å². The van der Waals surface area contributed by atoms with Gasteiger partial charge in [0, 0.05) is 42.0 Å². The van der Waals surface area contributed by atoms with E-state index in [1.165, 1.54) is 0 Å². The molecule has 2 aromatic carbocycles. The Labute approximate surface area is 234 Å². The molecular weight excluding hydrogens is 506 g/mol. The maximum Gasteiger partial charge on any atom is 0.335 e. The van der Waals surface area contributed by atoms with Crippen LogP contribution in [0.1, 0.15) is 57.1 Å². The number of anilines is 1. The number of aromatic carboxylic acids is 1. The molecule has 8 heteroatoms. The van der Waals surface area contributed by atoms with Gasteiger partial charge in [0.2, 0.25) is 0 Å². The monoisotopic (exact) mass is 539 g/mol. The molecule has 3 N–H and O–H groups in total. The van der Waals surface area contributed by atoms with Crippen molar-refractivity contribution in [3.63, 3.8) is 0 Å². The van der Waals surface area contributed by atoms with Crippen molar-refractivity contribution in [1.82, 2.24) is 19.8 Å². The highest BCUT2D eigenvalue weighted by Crippen LogP contribution is 2.41. The molecule has 0 amide bonds. The van der Waals surface area contributed by atoms with Crippen LogP contribution in [0.4, 0.5) is 5.69 Å². The SMILES string of the molecule is Cc1ccc(C(=O)O)cc1-n1c(C)cc([C@@H]2[C@@H](c3ccccn3)NC(=S)N2CCCNc2ccccc2)c1C. The first-order valence-corrected chi connectivity index (χ1v) is 13.6. The average Bonchev–Trinajstić information content (AvgIpc) is 3.42. The van der Waals surface area contributed by atoms with Crippen LogP contribution in [0.2, 0.25) is 0 Å². The summed E-state index contributed by atoms with van der Waals surface area (Å²) >= 11 is 5.88. The number of aromatic nitrogens is 2. The van der Waals surface area contributed by atoms with Gasteiger partial charge in [-0.1, -0.05) is 30.3 Å². The van der Waals surface area contributed by atoms with Crippen molar-refractivity contribution < 1.29 is 9.90 Å². The van der Waals surface area contributed by atoms with E-state index in [1.807, 2.05) is 55.6 Å². The van der Waals surface area contributed by atoms with E-state index < -0.39 is 5.97 Å². The number of nitrogens with zero attached hydrogens (tertiary/aromatic N) is 3. The van der Waals surface area contributed by atoms with Crippen LogP contribution in [0.15, 0.2) is 79.0 Å². The summed E-state index contributed by atoms with van der Waals surface area (Å²) in [6.07, 6.45) is 2.72. The van der Waals surface area contributed by atoms with E-state index in [-0.39, 0.29) is 17.6 Å². The first kappa shape index (κ1) is 26.4. The molecule has 39 heavy (non-hydrogen) atoms. The van der Waals surface area contributed by atoms with Crippen molar-refractivity contribution >= 4 is 29.0 Å². The van der Waals surface area contributed by atoms with E-state index in [1.54, 1.807) is 12.1 Å². The van der Waals surface area contributed by atoms with E-state index in [9.17, 15) is 9.90 Å². The third-order valence-electron chi connectivity index (χ3n) is 7.36. The highest BCUT2D eigenvalue weighted by Gasteiger charge is 2.41. The Morgan fingerprint density at radius 1 is 1.05 bits per heavy atom. The first-order chi connectivity index (χ1) is 18.8. The van der Waals surface area contributed by atoms with Crippen molar-refractivity contribution in [2.24, 2.45) is 0 Å². The van der Waals surface area contributed by atoms with Gasteiger partial charge in [-0.2, -0.15) is 0 Å². The molecule has 1 aliphatic rings. The lowest BCUT2D eigenvalue weighted by Crippen LogP contribution is -2.31. The molecule has 0 aliphatic carbocycles. The molecule has 5 rings (SSSR count). The number of carboxylic acids is 1. The number of rotatable bonds is 9. The largest absolute Gasteiger partial charge is 0.478 e. The van der Waals surface area contributed by atoms with Crippen molar-refractivity contribution in [3.05, 3.63) is 113 Å². The molecule has 200 valence electrons. The number of hydrogen-bond donors (Lipinski definition) is 3. The van der Waals surface area contributed by atoms with Gasteiger partial charge in [0.25, 0.3) is 0 Å². The molecule has 1 fully saturated rings. The summed E-state index contributed by atoms with van der Waals surface area (Å²) in [6.45, 7) is 7.77. The standard InChI is InChI=1S/C31H33N5O2S/c1-20-13-14-23(30(37)38)19-27(20)36-21(2)18-25(22(36)3)29-28(26-12-7-8-15-33-26)34-31(39)35(29)17-9-16-32-24-10-5-4-6-11-24/h4-8,10-15,18-19,28-29,32H,9,16-17H2,1-3H3,(H,34,39)(H,37,38)/t28-,29-/m1/s1. The predicted molar refractivity (Wildman–Crippen MR) is 159 cm³/mol. The van der Waals surface area contributed by atoms with Gasteiger partial charge in [0.15, 0.2) is 5.11 Å². The summed E-state index contributed by atoms with van der Waals surface area (Å²) in [5, 5.41) is 17.4. The van der Waals surface area contributed by atoms with Crippen LogP contribution in [0, 0.1) is 20.8 Å². The Hall–Kier alpha value is -4.17. The average molecular weight is 540 g/mol. The Kier molecular flexibility index (Phi) is 7.65. The Bertz CT molecular complexity index is 1490. The van der Waals surface area contributed by atoms with E-state index >= 15 is 0 Å². The lowest BCUT2D eigenvalue weighted by atomic mass is 9.96. The number of aryl methyl sites for hydroxylation is 2. The molecule has 1 aliphatic heterocycles. The number of carboxylic acid groups (broad SMARTS) is 1. The van der Waals surface area contributed by atoms with Crippen LogP contribution in [0.5, 0.6) is 0 Å². The van der Waals surface area contributed by atoms with E-state index in [4.69, 9.17) is 12.2 Å². The minimum Gasteiger partial charge on any atom is -0.478 e. The zero-order valence-electron chi connectivity index (χ0n) is 22.4. The Balaban J connectivity index is 1.50. The number of benzene rings is 2. The minimum atomic E-state index is -0.935. The zero-order valence-corrected chi connectivity index (χ0v) is 23.2. The van der Waals surface area contributed by atoms with E-state index in [0.29, 0.717) is 5.11 Å². The van der Waals surface area contributed by atoms with Crippen molar-refractivity contribution in [3.8, 4) is 5.69 Å². The second-order valence-corrected chi connectivity index (χ2v) is 10.3. The molecule has 2 aromatic heterocycles. The topological polar surface area (TPSA) is 82.4 Å². The number of pyridine rings is 1. The van der Waals surface area contributed by atoms with Crippen LogP contribution in [0.25, 0.3) is 5.69 Å². The van der Waals surface area contributed by atoms with Gasteiger partial charge in [-0.25, -0.2) is 4.79 Å². The number of thiocarbonyl (C=S) groups is 1. The number of nitrogens with one attached hydrogen (secondary N) is 2. The molecular formula is C31H33N5O2S. The third kappa shape index (κ3) is 5.38. The van der Waals surface area contributed by atoms with Gasteiger partial charge in [-0.3, -0.25) is 4.98 Å². The molecule has 1 saturated heterocycles. The maximum absolute atomic E-state index is 11.7. The van der Waals surface area contributed by atoms with Gasteiger partial charge in [0.05, 0.1) is 23.3 Å². The molecule has 7 nitrogen and oxygen atoms in total. The fraction of sp³-hybridized carbons (Fsp3) is 0.258. The molecule has 2 atom stereocenters. The van der Waals surface area contributed by atoms with Crippen LogP contribution in [0.3, 0.4) is 0 Å². The molecule has 4 aromatic rings.